The lowest BCUT2D eigenvalue weighted by Gasteiger charge is -2.42. The van der Waals surface area contributed by atoms with Crippen molar-refractivity contribution in [1.82, 2.24) is 14.5 Å². The van der Waals surface area contributed by atoms with E-state index >= 15 is 0 Å². The topological polar surface area (TPSA) is 95.0 Å². The van der Waals surface area contributed by atoms with Crippen LogP contribution < -0.4 is 30.2 Å². The molecule has 3 heterocycles. The predicted octanol–water partition coefficient (Wildman–Crippen LogP) is 2.64. The molecule has 188 valence electrons. The highest BCUT2D eigenvalue weighted by molar-refractivity contribution is 5.85. The van der Waals surface area contributed by atoms with Crippen LogP contribution in [0.2, 0.25) is 0 Å². The summed E-state index contributed by atoms with van der Waals surface area (Å²) in [4.78, 5) is 30.9. The second-order valence-corrected chi connectivity index (χ2v) is 8.78. The number of rotatable bonds is 6. The minimum absolute atomic E-state index is 0. The number of benzene rings is 2. The van der Waals surface area contributed by atoms with E-state index in [1.165, 1.54) is 18.8 Å². The van der Waals surface area contributed by atoms with Gasteiger partial charge in [-0.3, -0.25) is 9.36 Å². The summed E-state index contributed by atoms with van der Waals surface area (Å²) in [6, 6.07) is 9.17. The standard InChI is InChI=1S/C25H29N3O6.ClH/c1-31-19-5-4-6-20-23(19)16-7-8-27(13-15(16)14-34-20)9-10-28-24(29)17-11-21(32-2)22(33-3)12-18(17)26-25(28)30;/h4-6,11-12,15-16H,7-10,13-14H2,1-3H3,(H,26,30);1H/t15-,16+;/m1./s1. The molecule has 1 N–H and O–H groups in total. The maximum absolute atomic E-state index is 13.1. The number of likely N-dealkylation sites (tertiary alicyclic amines) is 1. The van der Waals surface area contributed by atoms with E-state index in [0.29, 0.717) is 53.9 Å². The zero-order valence-corrected chi connectivity index (χ0v) is 20.9. The predicted molar refractivity (Wildman–Crippen MR) is 135 cm³/mol. The third kappa shape index (κ3) is 4.46. The van der Waals surface area contributed by atoms with Crippen LogP contribution in [0.3, 0.4) is 0 Å². The molecule has 2 aliphatic heterocycles. The first-order valence-electron chi connectivity index (χ1n) is 11.4. The number of halogens is 1. The summed E-state index contributed by atoms with van der Waals surface area (Å²) in [5.41, 5.74) is 0.817. The number of nitrogens with zero attached hydrogens (tertiary/aromatic N) is 2. The molecule has 1 saturated heterocycles. The van der Waals surface area contributed by atoms with E-state index in [-0.39, 0.29) is 18.0 Å². The Kier molecular flexibility index (Phi) is 7.28. The van der Waals surface area contributed by atoms with E-state index in [1.807, 2.05) is 18.2 Å². The Morgan fingerprint density at radius 2 is 1.77 bits per heavy atom. The van der Waals surface area contributed by atoms with Gasteiger partial charge in [0, 0.05) is 37.2 Å². The van der Waals surface area contributed by atoms with E-state index in [1.54, 1.807) is 19.2 Å². The average Bonchev–Trinajstić information content (AvgIpc) is 2.87. The zero-order valence-electron chi connectivity index (χ0n) is 20.0. The van der Waals surface area contributed by atoms with Gasteiger partial charge in [0.1, 0.15) is 11.5 Å². The third-order valence-corrected chi connectivity index (χ3v) is 7.01. The van der Waals surface area contributed by atoms with Gasteiger partial charge in [0.2, 0.25) is 0 Å². The van der Waals surface area contributed by atoms with Crippen LogP contribution in [0.4, 0.5) is 0 Å². The van der Waals surface area contributed by atoms with Gasteiger partial charge < -0.3 is 28.8 Å². The van der Waals surface area contributed by atoms with Crippen molar-refractivity contribution >= 4 is 23.3 Å². The molecular weight excluding hydrogens is 474 g/mol. The molecule has 1 aromatic heterocycles. The van der Waals surface area contributed by atoms with Crippen molar-refractivity contribution in [2.24, 2.45) is 5.92 Å². The van der Waals surface area contributed by atoms with Crippen LogP contribution in [0.25, 0.3) is 10.9 Å². The minimum Gasteiger partial charge on any atom is -0.496 e. The SMILES string of the molecule is COc1cc2[nH]c(=O)n(CCN3CC[C@@H]4c5c(OC)cccc5OC[C@H]4C3)c(=O)c2cc1OC.Cl. The molecule has 0 radical (unpaired) electrons. The van der Waals surface area contributed by atoms with Crippen LogP contribution in [0.5, 0.6) is 23.0 Å². The fourth-order valence-corrected chi connectivity index (χ4v) is 5.27. The summed E-state index contributed by atoms with van der Waals surface area (Å²) >= 11 is 0. The molecule has 0 unspecified atom stereocenters. The maximum Gasteiger partial charge on any atom is 0.328 e. The Balaban J connectivity index is 0.00000289. The van der Waals surface area contributed by atoms with Crippen molar-refractivity contribution in [2.45, 2.75) is 18.9 Å². The minimum atomic E-state index is -0.431. The Bertz CT molecular complexity index is 1320. The fourth-order valence-electron chi connectivity index (χ4n) is 5.27. The molecular formula is C25H30ClN3O6. The van der Waals surface area contributed by atoms with Gasteiger partial charge in [-0.1, -0.05) is 6.07 Å². The highest BCUT2D eigenvalue weighted by atomic mass is 35.5. The van der Waals surface area contributed by atoms with E-state index in [0.717, 1.165) is 36.6 Å². The van der Waals surface area contributed by atoms with Crippen molar-refractivity contribution in [1.29, 1.82) is 0 Å². The zero-order chi connectivity index (χ0) is 23.8. The van der Waals surface area contributed by atoms with Crippen molar-refractivity contribution in [3.63, 3.8) is 0 Å². The monoisotopic (exact) mass is 503 g/mol. The molecule has 3 aromatic rings. The summed E-state index contributed by atoms with van der Waals surface area (Å²) in [5, 5.41) is 0.389. The maximum atomic E-state index is 13.1. The van der Waals surface area contributed by atoms with Crippen molar-refractivity contribution in [3.8, 4) is 23.0 Å². The molecule has 2 aromatic carbocycles. The van der Waals surface area contributed by atoms with Crippen molar-refractivity contribution < 1.29 is 18.9 Å². The number of aromatic amines is 1. The first-order valence-corrected chi connectivity index (χ1v) is 11.4. The van der Waals surface area contributed by atoms with E-state index in [2.05, 4.69) is 9.88 Å². The van der Waals surface area contributed by atoms with E-state index in [4.69, 9.17) is 18.9 Å². The first-order chi connectivity index (χ1) is 16.5. The van der Waals surface area contributed by atoms with Gasteiger partial charge in [-0.05, 0) is 37.1 Å². The molecule has 0 bridgehead atoms. The number of methoxy groups -OCH3 is 3. The van der Waals surface area contributed by atoms with Crippen LogP contribution in [0.15, 0.2) is 39.9 Å². The van der Waals surface area contributed by atoms with Crippen LogP contribution in [-0.4, -0.2) is 62.0 Å². The normalized spacial score (nSPS) is 19.2. The Hall–Kier alpha value is -3.17. The number of piperidine rings is 1. The lowest BCUT2D eigenvalue weighted by molar-refractivity contribution is 0.0890. The van der Waals surface area contributed by atoms with Gasteiger partial charge in [0.25, 0.3) is 5.56 Å². The van der Waals surface area contributed by atoms with Gasteiger partial charge in [-0.2, -0.15) is 0 Å². The number of ether oxygens (including phenoxy) is 4. The molecule has 2 atom stereocenters. The quantitative estimate of drug-likeness (QED) is 0.552. The van der Waals surface area contributed by atoms with Crippen LogP contribution in [0, 0.1) is 5.92 Å². The molecule has 10 heteroatoms. The largest absolute Gasteiger partial charge is 0.496 e. The van der Waals surface area contributed by atoms with Crippen molar-refractivity contribution in [2.75, 3.05) is 47.6 Å². The molecule has 0 amide bonds. The summed E-state index contributed by atoms with van der Waals surface area (Å²) in [5.74, 6) is 3.41. The molecule has 0 saturated carbocycles. The number of H-pyrrole nitrogens is 1. The Morgan fingerprint density at radius 1 is 1.03 bits per heavy atom. The number of aromatic nitrogens is 2. The third-order valence-electron chi connectivity index (χ3n) is 7.01. The molecule has 35 heavy (non-hydrogen) atoms. The Morgan fingerprint density at radius 3 is 2.51 bits per heavy atom. The lowest BCUT2D eigenvalue weighted by Crippen LogP contribution is -2.46. The second kappa shape index (κ2) is 10.2. The number of hydrogen-bond donors (Lipinski definition) is 1. The lowest BCUT2D eigenvalue weighted by atomic mass is 9.78. The van der Waals surface area contributed by atoms with Gasteiger partial charge >= 0.3 is 5.69 Å². The number of fused-ring (bicyclic) bond motifs is 4. The van der Waals surface area contributed by atoms with E-state index in [9.17, 15) is 9.59 Å². The molecule has 2 aliphatic rings. The van der Waals surface area contributed by atoms with Gasteiger partial charge in [0.05, 0.1) is 38.8 Å². The summed E-state index contributed by atoms with van der Waals surface area (Å²) in [6.07, 6.45) is 0.974. The van der Waals surface area contributed by atoms with E-state index < -0.39 is 5.69 Å². The summed E-state index contributed by atoms with van der Waals surface area (Å²) in [6.45, 7) is 3.27. The highest BCUT2D eigenvalue weighted by Crippen LogP contribution is 2.46. The fraction of sp³-hybridized carbons (Fsp3) is 0.440. The van der Waals surface area contributed by atoms with Crippen LogP contribution >= 0.6 is 12.4 Å². The smallest absolute Gasteiger partial charge is 0.328 e. The summed E-state index contributed by atoms with van der Waals surface area (Å²) < 4.78 is 23.5. The average molecular weight is 504 g/mol. The van der Waals surface area contributed by atoms with Crippen LogP contribution in [-0.2, 0) is 6.54 Å². The molecule has 1 fully saturated rings. The van der Waals surface area contributed by atoms with Gasteiger partial charge in [0.15, 0.2) is 11.5 Å². The number of nitrogens with one attached hydrogen (secondary N) is 1. The molecule has 9 nitrogen and oxygen atoms in total. The van der Waals surface area contributed by atoms with Gasteiger partial charge in [-0.15, -0.1) is 12.4 Å². The molecule has 0 aliphatic carbocycles. The van der Waals surface area contributed by atoms with Crippen LogP contribution in [0.1, 0.15) is 17.9 Å². The first kappa shape index (κ1) is 24.9. The molecule has 0 spiro atoms. The van der Waals surface area contributed by atoms with Gasteiger partial charge in [-0.25, -0.2) is 4.79 Å². The van der Waals surface area contributed by atoms with Crippen molar-refractivity contribution in [3.05, 3.63) is 56.7 Å². The number of hydrogen-bond acceptors (Lipinski definition) is 7. The second-order valence-electron chi connectivity index (χ2n) is 8.78. The Labute approximate surface area is 209 Å². The molecule has 5 rings (SSSR count). The highest BCUT2D eigenvalue weighted by Gasteiger charge is 2.37. The summed E-state index contributed by atoms with van der Waals surface area (Å²) in [7, 11) is 4.72.